The molecule has 1 aliphatic heterocycles. The topological polar surface area (TPSA) is 58.6 Å². The Balaban J connectivity index is 1.63. The lowest BCUT2D eigenvalue weighted by Gasteiger charge is -2.35. The molecule has 2 amide bonds. The second-order valence-electron chi connectivity index (χ2n) is 7.13. The molecular formula is C23H28N2O3. The molecule has 1 saturated heterocycles. The second-order valence-corrected chi connectivity index (χ2v) is 7.13. The van der Waals surface area contributed by atoms with Crippen LogP contribution in [0.25, 0.3) is 0 Å². The molecule has 1 atom stereocenters. The monoisotopic (exact) mass is 380 g/mol. The van der Waals surface area contributed by atoms with Crippen molar-refractivity contribution in [1.29, 1.82) is 0 Å². The van der Waals surface area contributed by atoms with Gasteiger partial charge in [-0.25, -0.2) is 0 Å². The van der Waals surface area contributed by atoms with Crippen LogP contribution in [0.1, 0.15) is 58.9 Å². The minimum Gasteiger partial charge on any atom is -0.496 e. The van der Waals surface area contributed by atoms with Crippen LogP contribution in [0.2, 0.25) is 0 Å². The minimum atomic E-state index is -0.172. The van der Waals surface area contributed by atoms with Crippen LogP contribution in [0, 0.1) is 0 Å². The van der Waals surface area contributed by atoms with Crippen LogP contribution in [0.4, 0.5) is 0 Å². The standard InChI is InChI=1S/C23H28N2O3/c1-3-20-9-6-7-15-25(20)23(27)18-13-11-17(12-14-18)22(26)24-16-19-8-4-5-10-21(19)28-2/h4-5,8,10-14,20H,3,6-7,9,15-16H2,1-2H3,(H,24,26). The van der Waals surface area contributed by atoms with Gasteiger partial charge in [0.15, 0.2) is 0 Å². The van der Waals surface area contributed by atoms with Crippen LogP contribution in [-0.2, 0) is 6.54 Å². The van der Waals surface area contributed by atoms with E-state index in [1.165, 1.54) is 6.42 Å². The lowest BCUT2D eigenvalue weighted by molar-refractivity contribution is 0.0607. The number of rotatable bonds is 6. The van der Waals surface area contributed by atoms with Gasteiger partial charge < -0.3 is 15.0 Å². The van der Waals surface area contributed by atoms with E-state index >= 15 is 0 Å². The number of hydrogen-bond donors (Lipinski definition) is 1. The van der Waals surface area contributed by atoms with E-state index in [2.05, 4.69) is 12.2 Å². The predicted molar refractivity (Wildman–Crippen MR) is 110 cm³/mol. The third kappa shape index (κ3) is 4.53. The molecule has 3 rings (SSSR count). The number of methoxy groups -OCH3 is 1. The highest BCUT2D eigenvalue weighted by atomic mass is 16.5. The highest BCUT2D eigenvalue weighted by Crippen LogP contribution is 2.22. The normalized spacial score (nSPS) is 16.5. The first-order valence-electron chi connectivity index (χ1n) is 9.95. The van der Waals surface area contributed by atoms with Crippen LogP contribution < -0.4 is 10.1 Å². The number of nitrogens with zero attached hydrogens (tertiary/aromatic N) is 1. The van der Waals surface area contributed by atoms with Gasteiger partial charge in [-0.15, -0.1) is 0 Å². The van der Waals surface area contributed by atoms with Crippen LogP contribution in [-0.4, -0.2) is 36.4 Å². The van der Waals surface area contributed by atoms with Gasteiger partial charge in [-0.3, -0.25) is 9.59 Å². The summed E-state index contributed by atoms with van der Waals surface area (Å²) >= 11 is 0. The summed E-state index contributed by atoms with van der Waals surface area (Å²) in [6.07, 6.45) is 4.31. The van der Waals surface area contributed by atoms with Crippen molar-refractivity contribution in [2.45, 2.75) is 45.2 Å². The molecule has 1 fully saturated rings. The summed E-state index contributed by atoms with van der Waals surface area (Å²) in [5.41, 5.74) is 2.10. The zero-order valence-electron chi connectivity index (χ0n) is 16.6. The van der Waals surface area contributed by atoms with E-state index in [1.54, 1.807) is 31.4 Å². The SMILES string of the molecule is CCC1CCCCN1C(=O)c1ccc(C(=O)NCc2ccccc2OC)cc1. The maximum atomic E-state index is 12.8. The smallest absolute Gasteiger partial charge is 0.254 e. The fraction of sp³-hybridized carbons (Fsp3) is 0.391. The number of carbonyl (C=O) groups is 2. The van der Waals surface area contributed by atoms with Crippen molar-refractivity contribution in [1.82, 2.24) is 10.2 Å². The van der Waals surface area contributed by atoms with Gasteiger partial charge in [-0.2, -0.15) is 0 Å². The lowest BCUT2D eigenvalue weighted by atomic mass is 9.98. The first-order chi connectivity index (χ1) is 13.6. The van der Waals surface area contributed by atoms with Crippen molar-refractivity contribution in [3.8, 4) is 5.75 Å². The Morgan fingerprint density at radius 3 is 2.50 bits per heavy atom. The molecule has 148 valence electrons. The Labute approximate surface area is 166 Å². The largest absolute Gasteiger partial charge is 0.496 e. The third-order valence-corrected chi connectivity index (χ3v) is 5.39. The second kappa shape index (κ2) is 9.40. The predicted octanol–water partition coefficient (Wildman–Crippen LogP) is 4.03. The maximum Gasteiger partial charge on any atom is 0.254 e. The number of piperidine rings is 1. The average molecular weight is 380 g/mol. The Morgan fingerprint density at radius 2 is 1.79 bits per heavy atom. The highest BCUT2D eigenvalue weighted by Gasteiger charge is 2.26. The van der Waals surface area contributed by atoms with E-state index in [9.17, 15) is 9.59 Å². The fourth-order valence-corrected chi connectivity index (χ4v) is 3.75. The summed E-state index contributed by atoms with van der Waals surface area (Å²) in [6.45, 7) is 3.33. The van der Waals surface area contributed by atoms with E-state index in [4.69, 9.17) is 4.74 Å². The molecular weight excluding hydrogens is 352 g/mol. The molecule has 5 nitrogen and oxygen atoms in total. The number of likely N-dealkylation sites (tertiary alicyclic amines) is 1. The summed E-state index contributed by atoms with van der Waals surface area (Å²) in [6, 6.07) is 14.9. The minimum absolute atomic E-state index is 0.0625. The van der Waals surface area contributed by atoms with E-state index in [0.29, 0.717) is 23.7 Å². The molecule has 0 aliphatic carbocycles. The van der Waals surface area contributed by atoms with Crippen LogP contribution >= 0.6 is 0 Å². The molecule has 2 aromatic rings. The number of carbonyl (C=O) groups excluding carboxylic acids is 2. The van der Waals surface area contributed by atoms with Crippen molar-refractivity contribution >= 4 is 11.8 Å². The number of benzene rings is 2. The van der Waals surface area contributed by atoms with Gasteiger partial charge in [-0.1, -0.05) is 25.1 Å². The van der Waals surface area contributed by atoms with Gasteiger partial charge in [0.25, 0.3) is 11.8 Å². The molecule has 5 heteroatoms. The van der Waals surface area contributed by atoms with E-state index in [1.807, 2.05) is 29.2 Å². The number of ether oxygens (including phenoxy) is 1. The van der Waals surface area contributed by atoms with Crippen molar-refractivity contribution in [3.63, 3.8) is 0 Å². The van der Waals surface area contributed by atoms with Gasteiger partial charge in [0.2, 0.25) is 0 Å². The molecule has 28 heavy (non-hydrogen) atoms. The van der Waals surface area contributed by atoms with Gasteiger partial charge >= 0.3 is 0 Å². The molecule has 1 N–H and O–H groups in total. The van der Waals surface area contributed by atoms with E-state index in [-0.39, 0.29) is 11.8 Å². The molecule has 0 saturated carbocycles. The Bertz CT molecular complexity index is 817. The summed E-state index contributed by atoms with van der Waals surface area (Å²) in [5.74, 6) is 0.637. The molecule has 0 aromatic heterocycles. The maximum absolute atomic E-state index is 12.8. The van der Waals surface area contributed by atoms with Crippen molar-refractivity contribution in [2.75, 3.05) is 13.7 Å². The number of para-hydroxylation sites is 1. The molecule has 2 aromatic carbocycles. The lowest BCUT2D eigenvalue weighted by Crippen LogP contribution is -2.43. The number of nitrogens with one attached hydrogen (secondary N) is 1. The Kier molecular flexibility index (Phi) is 6.69. The molecule has 1 aliphatic rings. The average Bonchev–Trinajstić information content (AvgIpc) is 2.77. The number of hydrogen-bond acceptors (Lipinski definition) is 3. The Hall–Kier alpha value is -2.82. The zero-order chi connectivity index (χ0) is 19.9. The zero-order valence-corrected chi connectivity index (χ0v) is 16.6. The highest BCUT2D eigenvalue weighted by molar-refractivity contribution is 5.98. The van der Waals surface area contributed by atoms with Gasteiger partial charge in [-0.05, 0) is 56.0 Å². The van der Waals surface area contributed by atoms with Crippen molar-refractivity contribution in [2.24, 2.45) is 0 Å². The van der Waals surface area contributed by atoms with Crippen LogP contribution in [0.5, 0.6) is 5.75 Å². The molecule has 0 radical (unpaired) electrons. The summed E-state index contributed by atoms with van der Waals surface area (Å²) < 4.78 is 5.31. The van der Waals surface area contributed by atoms with Crippen LogP contribution in [0.3, 0.4) is 0 Å². The van der Waals surface area contributed by atoms with Crippen LogP contribution in [0.15, 0.2) is 48.5 Å². The molecule has 0 spiro atoms. The fourth-order valence-electron chi connectivity index (χ4n) is 3.75. The van der Waals surface area contributed by atoms with E-state index in [0.717, 1.165) is 37.1 Å². The number of amides is 2. The van der Waals surface area contributed by atoms with E-state index < -0.39 is 0 Å². The van der Waals surface area contributed by atoms with Crippen molar-refractivity contribution < 1.29 is 14.3 Å². The summed E-state index contributed by atoms with van der Waals surface area (Å²) in [7, 11) is 1.61. The molecule has 1 unspecified atom stereocenters. The molecule has 0 bridgehead atoms. The van der Waals surface area contributed by atoms with Gasteiger partial charge in [0, 0.05) is 35.8 Å². The first kappa shape index (κ1) is 19.9. The molecule has 1 heterocycles. The Morgan fingerprint density at radius 1 is 1.07 bits per heavy atom. The quantitative estimate of drug-likeness (QED) is 0.823. The van der Waals surface area contributed by atoms with Gasteiger partial charge in [0.1, 0.15) is 5.75 Å². The van der Waals surface area contributed by atoms with Crippen molar-refractivity contribution in [3.05, 3.63) is 65.2 Å². The van der Waals surface area contributed by atoms with Gasteiger partial charge in [0.05, 0.1) is 7.11 Å². The summed E-state index contributed by atoms with van der Waals surface area (Å²) in [4.78, 5) is 27.3. The summed E-state index contributed by atoms with van der Waals surface area (Å²) in [5, 5.41) is 2.90. The third-order valence-electron chi connectivity index (χ3n) is 5.39. The first-order valence-corrected chi connectivity index (χ1v) is 9.95.